The monoisotopic (exact) mass is 381 g/mol. The van der Waals surface area contributed by atoms with E-state index in [9.17, 15) is 0 Å². The van der Waals surface area contributed by atoms with Gasteiger partial charge >= 0.3 is 0 Å². The van der Waals surface area contributed by atoms with Gasteiger partial charge in [-0.3, -0.25) is 0 Å². The maximum atomic E-state index is 4.85. The highest BCUT2D eigenvalue weighted by molar-refractivity contribution is 5.76. The number of anilines is 1. The van der Waals surface area contributed by atoms with Crippen LogP contribution in [0.2, 0.25) is 0 Å². The van der Waals surface area contributed by atoms with Gasteiger partial charge in [-0.05, 0) is 37.1 Å². The average Bonchev–Trinajstić information content (AvgIpc) is 3.41. The Labute approximate surface area is 167 Å². The summed E-state index contributed by atoms with van der Waals surface area (Å²) in [5.74, 6) is 2.54. The van der Waals surface area contributed by atoms with Gasteiger partial charge in [0.15, 0.2) is 11.5 Å². The van der Waals surface area contributed by atoms with Crippen molar-refractivity contribution in [2.45, 2.75) is 25.4 Å². The van der Waals surface area contributed by atoms with E-state index in [1.807, 2.05) is 48.5 Å². The van der Waals surface area contributed by atoms with Crippen LogP contribution in [0, 0.1) is 0 Å². The van der Waals surface area contributed by atoms with Crippen molar-refractivity contribution in [2.75, 3.05) is 5.32 Å². The van der Waals surface area contributed by atoms with Gasteiger partial charge in [0.25, 0.3) is 0 Å². The standard InChI is InChI=1S/C22H19N7/c1-2-6-15(7-3-1)22-26-25-20-13-12-19(27-29(20)22)23-14-21-24-17-8-4-5-9-18(17)28(21)16-10-11-16/h1-9,12-13,16H,10-11,14H2,(H,23,27). The van der Waals surface area contributed by atoms with E-state index in [4.69, 9.17) is 10.1 Å². The van der Waals surface area contributed by atoms with Crippen molar-refractivity contribution in [1.82, 2.24) is 29.4 Å². The summed E-state index contributed by atoms with van der Waals surface area (Å²) in [5, 5.41) is 16.7. The molecule has 0 amide bonds. The molecule has 1 fully saturated rings. The van der Waals surface area contributed by atoms with Crippen molar-refractivity contribution in [3.05, 3.63) is 72.6 Å². The lowest BCUT2D eigenvalue weighted by atomic mass is 10.2. The molecule has 1 saturated carbocycles. The third-order valence-electron chi connectivity index (χ3n) is 5.30. The molecule has 0 spiro atoms. The van der Waals surface area contributed by atoms with E-state index in [1.54, 1.807) is 4.52 Å². The molecule has 3 heterocycles. The molecule has 0 atom stereocenters. The second kappa shape index (κ2) is 6.41. The molecule has 1 aliphatic carbocycles. The van der Waals surface area contributed by atoms with E-state index in [-0.39, 0.29) is 0 Å². The van der Waals surface area contributed by atoms with Crippen LogP contribution in [0.3, 0.4) is 0 Å². The lowest BCUT2D eigenvalue weighted by Gasteiger charge is -2.09. The largest absolute Gasteiger partial charge is 0.361 e. The molecule has 3 aromatic heterocycles. The number of nitrogens with zero attached hydrogens (tertiary/aromatic N) is 6. The number of benzene rings is 2. The van der Waals surface area contributed by atoms with Crippen LogP contribution in [0.25, 0.3) is 28.1 Å². The Morgan fingerprint density at radius 1 is 0.897 bits per heavy atom. The van der Waals surface area contributed by atoms with Crippen LogP contribution in [0.15, 0.2) is 66.7 Å². The lowest BCUT2D eigenvalue weighted by Crippen LogP contribution is -2.10. The molecule has 5 aromatic rings. The fourth-order valence-corrected chi connectivity index (χ4v) is 3.78. The van der Waals surface area contributed by atoms with Gasteiger partial charge in [-0.2, -0.15) is 4.52 Å². The number of imidazole rings is 1. The van der Waals surface area contributed by atoms with E-state index in [1.165, 1.54) is 18.4 Å². The number of fused-ring (bicyclic) bond motifs is 2. The van der Waals surface area contributed by atoms with E-state index in [2.05, 4.69) is 38.3 Å². The first kappa shape index (κ1) is 16.2. The van der Waals surface area contributed by atoms with Crippen LogP contribution in [0.5, 0.6) is 0 Å². The quantitative estimate of drug-likeness (QED) is 0.496. The minimum Gasteiger partial charge on any atom is -0.361 e. The Balaban J connectivity index is 1.33. The van der Waals surface area contributed by atoms with Crippen molar-refractivity contribution in [3.8, 4) is 11.4 Å². The van der Waals surface area contributed by atoms with Crippen molar-refractivity contribution < 1.29 is 0 Å². The Morgan fingerprint density at radius 2 is 1.72 bits per heavy atom. The zero-order valence-electron chi connectivity index (χ0n) is 15.7. The number of aromatic nitrogens is 6. The fraction of sp³-hybridized carbons (Fsp3) is 0.182. The molecule has 142 valence electrons. The number of para-hydroxylation sites is 2. The van der Waals surface area contributed by atoms with Gasteiger partial charge in [-0.1, -0.05) is 42.5 Å². The molecule has 0 radical (unpaired) electrons. The number of hydrogen-bond acceptors (Lipinski definition) is 5. The molecule has 0 unspecified atom stereocenters. The molecule has 7 nitrogen and oxygen atoms in total. The summed E-state index contributed by atoms with van der Waals surface area (Å²) >= 11 is 0. The second-order valence-electron chi connectivity index (χ2n) is 7.35. The number of nitrogens with one attached hydrogen (secondary N) is 1. The molecule has 6 rings (SSSR count). The Morgan fingerprint density at radius 3 is 2.59 bits per heavy atom. The third kappa shape index (κ3) is 2.82. The van der Waals surface area contributed by atoms with Gasteiger partial charge in [-0.25, -0.2) is 4.98 Å². The SMILES string of the molecule is c1ccc(-c2nnc3ccc(NCc4nc5ccccc5n4C4CC4)nn23)cc1. The molecule has 2 aromatic carbocycles. The molecular weight excluding hydrogens is 362 g/mol. The van der Waals surface area contributed by atoms with Gasteiger partial charge in [0.2, 0.25) is 0 Å². The molecular formula is C22H19N7. The van der Waals surface area contributed by atoms with Gasteiger partial charge in [0.1, 0.15) is 11.6 Å². The van der Waals surface area contributed by atoms with Gasteiger partial charge in [0, 0.05) is 11.6 Å². The van der Waals surface area contributed by atoms with Crippen molar-refractivity contribution in [3.63, 3.8) is 0 Å². The molecule has 0 aliphatic heterocycles. The normalized spacial score (nSPS) is 13.9. The highest BCUT2D eigenvalue weighted by atomic mass is 15.4. The van der Waals surface area contributed by atoms with Crippen LogP contribution >= 0.6 is 0 Å². The molecule has 7 heteroatoms. The predicted octanol–water partition coefficient (Wildman–Crippen LogP) is 4.09. The molecule has 1 N–H and O–H groups in total. The maximum absolute atomic E-state index is 4.85. The third-order valence-corrected chi connectivity index (χ3v) is 5.30. The van der Waals surface area contributed by atoms with Crippen LogP contribution in [-0.2, 0) is 6.54 Å². The van der Waals surface area contributed by atoms with Crippen LogP contribution in [-0.4, -0.2) is 29.4 Å². The van der Waals surface area contributed by atoms with Crippen molar-refractivity contribution in [2.24, 2.45) is 0 Å². The smallest absolute Gasteiger partial charge is 0.185 e. The van der Waals surface area contributed by atoms with Gasteiger partial charge in [-0.15, -0.1) is 15.3 Å². The second-order valence-corrected chi connectivity index (χ2v) is 7.35. The van der Waals surface area contributed by atoms with Gasteiger partial charge in [0.05, 0.1) is 17.6 Å². The van der Waals surface area contributed by atoms with E-state index < -0.39 is 0 Å². The van der Waals surface area contributed by atoms with E-state index in [0.717, 1.165) is 34.2 Å². The zero-order valence-corrected chi connectivity index (χ0v) is 15.7. The zero-order chi connectivity index (χ0) is 19.2. The first-order chi connectivity index (χ1) is 14.4. The molecule has 0 saturated heterocycles. The fourth-order valence-electron chi connectivity index (χ4n) is 3.78. The Kier molecular flexibility index (Phi) is 3.59. The summed E-state index contributed by atoms with van der Waals surface area (Å²) < 4.78 is 4.15. The average molecular weight is 381 g/mol. The highest BCUT2D eigenvalue weighted by Crippen LogP contribution is 2.38. The van der Waals surface area contributed by atoms with E-state index >= 15 is 0 Å². The Hall–Kier alpha value is -3.74. The maximum Gasteiger partial charge on any atom is 0.185 e. The summed E-state index contributed by atoms with van der Waals surface area (Å²) in [6.45, 7) is 0.618. The highest BCUT2D eigenvalue weighted by Gasteiger charge is 2.27. The van der Waals surface area contributed by atoms with Crippen molar-refractivity contribution >= 4 is 22.5 Å². The van der Waals surface area contributed by atoms with Crippen LogP contribution < -0.4 is 5.32 Å². The minimum absolute atomic E-state index is 0.567. The lowest BCUT2D eigenvalue weighted by molar-refractivity contribution is 0.709. The van der Waals surface area contributed by atoms with Crippen LogP contribution in [0.4, 0.5) is 5.82 Å². The summed E-state index contributed by atoms with van der Waals surface area (Å²) in [7, 11) is 0. The first-order valence-electron chi connectivity index (χ1n) is 9.84. The van der Waals surface area contributed by atoms with Crippen LogP contribution in [0.1, 0.15) is 24.7 Å². The summed E-state index contributed by atoms with van der Waals surface area (Å²) in [5.41, 5.74) is 3.96. The summed E-state index contributed by atoms with van der Waals surface area (Å²) in [4.78, 5) is 4.85. The molecule has 0 bridgehead atoms. The number of rotatable bonds is 5. The van der Waals surface area contributed by atoms with Gasteiger partial charge < -0.3 is 9.88 Å². The summed E-state index contributed by atoms with van der Waals surface area (Å²) in [6, 6.07) is 22.7. The van der Waals surface area contributed by atoms with Crippen molar-refractivity contribution in [1.29, 1.82) is 0 Å². The van der Waals surface area contributed by atoms with E-state index in [0.29, 0.717) is 12.6 Å². The molecule has 1 aliphatic rings. The first-order valence-corrected chi connectivity index (χ1v) is 9.84. The topological polar surface area (TPSA) is 72.9 Å². The minimum atomic E-state index is 0.567. The molecule has 29 heavy (non-hydrogen) atoms. The summed E-state index contributed by atoms with van der Waals surface area (Å²) in [6.07, 6.45) is 2.44. The number of hydrogen-bond donors (Lipinski definition) is 1. The Bertz CT molecular complexity index is 1320. The predicted molar refractivity (Wildman–Crippen MR) is 112 cm³/mol.